The number of H-pyrrole nitrogens is 1. The van der Waals surface area contributed by atoms with E-state index in [1.165, 1.54) is 17.2 Å². The second-order valence-electron chi connectivity index (χ2n) is 4.65. The van der Waals surface area contributed by atoms with Crippen molar-refractivity contribution >= 4 is 17.1 Å². The molecule has 0 aliphatic rings. The van der Waals surface area contributed by atoms with E-state index in [-0.39, 0.29) is 11.2 Å². The summed E-state index contributed by atoms with van der Waals surface area (Å²) in [5.74, 6) is 0.478. The first-order chi connectivity index (χ1) is 8.91. The summed E-state index contributed by atoms with van der Waals surface area (Å²) in [6.45, 7) is 4.61. The molecule has 7 heteroatoms. The van der Waals surface area contributed by atoms with Gasteiger partial charge in [-0.05, 0) is 13.8 Å². The summed E-state index contributed by atoms with van der Waals surface area (Å²) in [6.07, 6.45) is 2.00. The number of nitrogens with zero attached hydrogens (tertiary/aromatic N) is 3. The Balaban J connectivity index is 2.49. The highest BCUT2D eigenvalue weighted by atomic mass is 16.2. The summed E-state index contributed by atoms with van der Waals surface area (Å²) in [5.41, 5.74) is 1.10. The van der Waals surface area contributed by atoms with Crippen molar-refractivity contribution in [3.05, 3.63) is 32.5 Å². The van der Waals surface area contributed by atoms with Gasteiger partial charge in [0, 0.05) is 20.6 Å². The number of hydrogen-bond acceptors (Lipinski definition) is 4. The fourth-order valence-corrected chi connectivity index (χ4v) is 1.76. The number of imidazole rings is 1. The largest absolute Gasteiger partial charge is 0.352 e. The third-order valence-corrected chi connectivity index (χ3v) is 2.87. The van der Waals surface area contributed by atoms with E-state index in [4.69, 9.17) is 0 Å². The maximum Gasteiger partial charge on any atom is 0.332 e. The van der Waals surface area contributed by atoms with Crippen LogP contribution < -0.4 is 16.6 Å². The maximum atomic E-state index is 11.9. The van der Waals surface area contributed by atoms with Crippen molar-refractivity contribution in [3.8, 4) is 0 Å². The summed E-state index contributed by atoms with van der Waals surface area (Å²) in [7, 11) is 3.03. The van der Waals surface area contributed by atoms with Gasteiger partial charge in [0.25, 0.3) is 5.56 Å². The number of allylic oxidation sites excluding steroid dienone is 1. The van der Waals surface area contributed by atoms with Crippen LogP contribution in [-0.2, 0) is 14.1 Å². The Hall–Kier alpha value is -2.31. The molecule has 0 spiro atoms. The highest BCUT2D eigenvalue weighted by Crippen LogP contribution is 2.07. The minimum Gasteiger partial charge on any atom is -0.352 e. The number of aromatic amines is 1. The van der Waals surface area contributed by atoms with E-state index in [1.54, 1.807) is 7.05 Å². The van der Waals surface area contributed by atoms with Crippen molar-refractivity contribution in [1.82, 2.24) is 19.1 Å². The van der Waals surface area contributed by atoms with Gasteiger partial charge in [0.15, 0.2) is 11.2 Å². The molecule has 0 amide bonds. The lowest BCUT2D eigenvalue weighted by atomic mass is 10.3. The molecule has 0 aliphatic heterocycles. The summed E-state index contributed by atoms with van der Waals surface area (Å²) >= 11 is 0. The number of anilines is 1. The van der Waals surface area contributed by atoms with E-state index in [0.717, 1.165) is 4.57 Å². The molecule has 2 rings (SSSR count). The van der Waals surface area contributed by atoms with Crippen LogP contribution in [0.5, 0.6) is 0 Å². The molecule has 0 saturated carbocycles. The maximum absolute atomic E-state index is 11.9. The van der Waals surface area contributed by atoms with Crippen LogP contribution in [0.1, 0.15) is 13.8 Å². The molecule has 19 heavy (non-hydrogen) atoms. The third kappa shape index (κ3) is 2.31. The number of rotatable bonds is 3. The SMILES string of the molecule is CC(C)=CCNc1nc2c([nH]1)c(=O)n(C)c(=O)n2C. The number of fused-ring (bicyclic) bond motifs is 1. The van der Waals surface area contributed by atoms with Gasteiger partial charge in [-0.2, -0.15) is 4.98 Å². The zero-order chi connectivity index (χ0) is 14.2. The molecule has 0 aromatic carbocycles. The average molecular weight is 263 g/mol. The van der Waals surface area contributed by atoms with Crippen LogP contribution in [0.15, 0.2) is 21.2 Å². The van der Waals surface area contributed by atoms with Crippen LogP contribution in [0.4, 0.5) is 5.95 Å². The van der Waals surface area contributed by atoms with E-state index in [1.807, 2.05) is 19.9 Å². The Labute approximate surface area is 109 Å². The molecule has 7 nitrogen and oxygen atoms in total. The van der Waals surface area contributed by atoms with Gasteiger partial charge >= 0.3 is 5.69 Å². The zero-order valence-corrected chi connectivity index (χ0v) is 11.4. The summed E-state index contributed by atoms with van der Waals surface area (Å²) < 4.78 is 2.40. The monoisotopic (exact) mass is 263 g/mol. The lowest BCUT2D eigenvalue weighted by molar-refractivity contribution is 0.709. The Morgan fingerprint density at radius 3 is 2.63 bits per heavy atom. The van der Waals surface area contributed by atoms with Crippen LogP contribution in [0.2, 0.25) is 0 Å². The smallest absolute Gasteiger partial charge is 0.332 e. The summed E-state index contributed by atoms with van der Waals surface area (Å²) in [6, 6.07) is 0. The minimum atomic E-state index is -0.389. The van der Waals surface area contributed by atoms with Gasteiger partial charge in [-0.1, -0.05) is 11.6 Å². The molecule has 2 N–H and O–H groups in total. The molecule has 0 unspecified atom stereocenters. The molecule has 0 bridgehead atoms. The Morgan fingerprint density at radius 2 is 2.00 bits per heavy atom. The molecule has 102 valence electrons. The molecular weight excluding hydrogens is 246 g/mol. The predicted molar refractivity (Wildman–Crippen MR) is 74.5 cm³/mol. The van der Waals surface area contributed by atoms with Crippen LogP contribution >= 0.6 is 0 Å². The number of aromatic nitrogens is 4. The molecular formula is C12H17N5O2. The topological polar surface area (TPSA) is 84.7 Å². The number of hydrogen-bond donors (Lipinski definition) is 2. The Morgan fingerprint density at radius 1 is 1.32 bits per heavy atom. The van der Waals surface area contributed by atoms with Crippen molar-refractivity contribution < 1.29 is 0 Å². The Bertz CT molecular complexity index is 759. The second-order valence-corrected chi connectivity index (χ2v) is 4.65. The Kier molecular flexibility index (Phi) is 3.28. The second kappa shape index (κ2) is 4.75. The van der Waals surface area contributed by atoms with Gasteiger partial charge in [-0.15, -0.1) is 0 Å². The molecule has 2 aromatic rings. The molecule has 2 heterocycles. The van der Waals surface area contributed by atoms with Gasteiger partial charge < -0.3 is 10.3 Å². The first-order valence-electron chi connectivity index (χ1n) is 5.94. The molecule has 0 saturated heterocycles. The van der Waals surface area contributed by atoms with E-state index in [2.05, 4.69) is 15.3 Å². The minimum absolute atomic E-state index is 0.323. The summed E-state index contributed by atoms with van der Waals surface area (Å²) in [5, 5.41) is 3.05. The first-order valence-corrected chi connectivity index (χ1v) is 5.94. The average Bonchev–Trinajstić information content (AvgIpc) is 2.77. The molecule has 0 fully saturated rings. The molecule has 0 radical (unpaired) electrons. The lowest BCUT2D eigenvalue weighted by Crippen LogP contribution is -2.36. The van der Waals surface area contributed by atoms with Gasteiger partial charge in [0.1, 0.15) is 0 Å². The number of nitrogens with one attached hydrogen (secondary N) is 2. The van der Waals surface area contributed by atoms with Crippen molar-refractivity contribution in [1.29, 1.82) is 0 Å². The van der Waals surface area contributed by atoms with Crippen molar-refractivity contribution in [3.63, 3.8) is 0 Å². The van der Waals surface area contributed by atoms with Gasteiger partial charge in [0.2, 0.25) is 5.95 Å². The summed E-state index contributed by atoms with van der Waals surface area (Å²) in [4.78, 5) is 30.8. The first kappa shape index (κ1) is 13.1. The van der Waals surface area contributed by atoms with Crippen LogP contribution in [-0.4, -0.2) is 25.6 Å². The van der Waals surface area contributed by atoms with E-state index in [9.17, 15) is 9.59 Å². The highest BCUT2D eigenvalue weighted by Gasteiger charge is 2.12. The standard InChI is InChI=1S/C12H17N5O2/c1-7(2)5-6-13-11-14-8-9(15-11)16(3)12(19)17(4)10(8)18/h5H,6H2,1-4H3,(H2,13,14,15). The normalized spacial score (nSPS) is 10.7. The van der Waals surface area contributed by atoms with Crippen molar-refractivity contribution in [2.75, 3.05) is 11.9 Å². The molecule has 0 aliphatic carbocycles. The van der Waals surface area contributed by atoms with Crippen LogP contribution in [0, 0.1) is 0 Å². The van der Waals surface area contributed by atoms with E-state index in [0.29, 0.717) is 23.7 Å². The fourth-order valence-electron chi connectivity index (χ4n) is 1.76. The molecule has 2 aromatic heterocycles. The van der Waals surface area contributed by atoms with Crippen LogP contribution in [0.25, 0.3) is 11.2 Å². The van der Waals surface area contributed by atoms with Gasteiger partial charge in [-0.25, -0.2) is 4.79 Å². The highest BCUT2D eigenvalue weighted by molar-refractivity contribution is 5.72. The van der Waals surface area contributed by atoms with E-state index >= 15 is 0 Å². The fraction of sp³-hybridized carbons (Fsp3) is 0.417. The number of aryl methyl sites for hydroxylation is 1. The van der Waals surface area contributed by atoms with Gasteiger partial charge in [-0.3, -0.25) is 13.9 Å². The van der Waals surface area contributed by atoms with Gasteiger partial charge in [0.05, 0.1) is 0 Å². The molecule has 0 atom stereocenters. The zero-order valence-electron chi connectivity index (χ0n) is 11.4. The third-order valence-electron chi connectivity index (χ3n) is 2.87. The van der Waals surface area contributed by atoms with Crippen molar-refractivity contribution in [2.45, 2.75) is 13.8 Å². The quantitative estimate of drug-likeness (QED) is 0.782. The van der Waals surface area contributed by atoms with E-state index < -0.39 is 0 Å². The van der Waals surface area contributed by atoms with Crippen molar-refractivity contribution in [2.24, 2.45) is 14.1 Å². The predicted octanol–water partition coefficient (Wildman–Crippen LogP) is 0.338. The lowest BCUT2D eigenvalue weighted by Gasteiger charge is -2.00. The van der Waals surface area contributed by atoms with Crippen LogP contribution in [0.3, 0.4) is 0 Å².